The molecule has 0 radical (unpaired) electrons. The van der Waals surface area contributed by atoms with E-state index in [1.54, 1.807) is 10.7 Å². The van der Waals surface area contributed by atoms with Crippen molar-refractivity contribution >= 4 is 23.2 Å². The highest BCUT2D eigenvalue weighted by atomic mass is 35.5. The summed E-state index contributed by atoms with van der Waals surface area (Å²) in [6.07, 6.45) is 1.82. The van der Waals surface area contributed by atoms with Crippen LogP contribution in [0.3, 0.4) is 0 Å². The normalized spacial score (nSPS) is 13.8. The fourth-order valence-electron chi connectivity index (χ4n) is 2.86. The molecule has 0 spiro atoms. The first-order valence-corrected chi connectivity index (χ1v) is 9.59. The van der Waals surface area contributed by atoms with Crippen LogP contribution in [0.15, 0.2) is 71.1 Å². The van der Waals surface area contributed by atoms with Gasteiger partial charge in [-0.15, -0.1) is 5.10 Å². The molecule has 1 aliphatic rings. The molecule has 0 unspecified atom stereocenters. The molecule has 3 aromatic rings. The molecule has 2 aromatic carbocycles. The Morgan fingerprint density at radius 2 is 1.97 bits per heavy atom. The molecule has 9 heteroatoms. The molecule has 154 valence electrons. The van der Waals surface area contributed by atoms with Crippen molar-refractivity contribution in [2.45, 2.75) is 6.61 Å². The second-order valence-electron chi connectivity index (χ2n) is 6.22. The van der Waals surface area contributed by atoms with Gasteiger partial charge < -0.3 is 19.1 Å². The zero-order valence-electron chi connectivity index (χ0n) is 16.2. The van der Waals surface area contributed by atoms with Gasteiger partial charge in [-0.1, -0.05) is 41.0 Å². The van der Waals surface area contributed by atoms with Crippen molar-refractivity contribution in [3.05, 3.63) is 76.9 Å². The zero-order valence-corrected chi connectivity index (χ0v) is 17.0. The molecular formula is C21H19ClN4O4. The third-order valence-electron chi connectivity index (χ3n) is 4.25. The lowest BCUT2D eigenvalue weighted by molar-refractivity contribution is 0.0672. The van der Waals surface area contributed by atoms with Gasteiger partial charge >= 0.3 is 0 Å². The predicted molar refractivity (Wildman–Crippen MR) is 112 cm³/mol. The molecular weight excluding hydrogens is 408 g/mol. The zero-order chi connectivity index (χ0) is 20.8. The van der Waals surface area contributed by atoms with Crippen LogP contribution in [-0.4, -0.2) is 41.7 Å². The summed E-state index contributed by atoms with van der Waals surface area (Å²) in [6, 6.07) is 16.8. The minimum atomic E-state index is 0.266. The lowest BCUT2D eigenvalue weighted by Crippen LogP contribution is -2.26. The molecule has 1 aromatic heterocycles. The maximum absolute atomic E-state index is 5.94. The minimum Gasteiger partial charge on any atom is -0.472 e. The summed E-state index contributed by atoms with van der Waals surface area (Å²) < 4.78 is 13.2. The quantitative estimate of drug-likeness (QED) is 0.424. The summed E-state index contributed by atoms with van der Waals surface area (Å²) in [7, 11) is 1.47. The van der Waals surface area contributed by atoms with Gasteiger partial charge in [-0.05, 0) is 35.0 Å². The van der Waals surface area contributed by atoms with Crippen molar-refractivity contribution < 1.29 is 19.1 Å². The fourth-order valence-corrected chi connectivity index (χ4v) is 2.99. The van der Waals surface area contributed by atoms with E-state index in [1.165, 1.54) is 7.11 Å². The second kappa shape index (κ2) is 9.32. The van der Waals surface area contributed by atoms with Gasteiger partial charge in [0, 0.05) is 22.8 Å². The summed E-state index contributed by atoms with van der Waals surface area (Å²) in [5.41, 5.74) is 2.95. The number of benzene rings is 2. The number of oxime groups is 2. The van der Waals surface area contributed by atoms with Gasteiger partial charge in [0.05, 0.1) is 5.69 Å². The first-order chi connectivity index (χ1) is 14.7. The Balaban J connectivity index is 1.53. The smallest absolute Gasteiger partial charge is 0.280 e. The van der Waals surface area contributed by atoms with E-state index in [1.807, 2.05) is 54.7 Å². The summed E-state index contributed by atoms with van der Waals surface area (Å²) in [5, 5.41) is 13.1. The van der Waals surface area contributed by atoms with Crippen molar-refractivity contribution in [2.75, 3.05) is 20.3 Å². The lowest BCUT2D eigenvalue weighted by Gasteiger charge is -2.16. The first kappa shape index (κ1) is 19.8. The highest BCUT2D eigenvalue weighted by molar-refractivity contribution is 6.45. The highest BCUT2D eigenvalue weighted by Gasteiger charge is 2.21. The van der Waals surface area contributed by atoms with Gasteiger partial charge in [0.25, 0.3) is 5.90 Å². The summed E-state index contributed by atoms with van der Waals surface area (Å²) in [5.74, 6) is 0.752. The van der Waals surface area contributed by atoms with Crippen LogP contribution in [0.2, 0.25) is 5.02 Å². The maximum Gasteiger partial charge on any atom is 0.280 e. The van der Waals surface area contributed by atoms with Crippen LogP contribution in [0.4, 0.5) is 0 Å². The standard InChI is InChI=1S/C21H19ClN4O4/c1-27-24-20(21-25-30-13-12-28-21)18-5-3-2-4-15(18)14-29-19-10-11-26(23-19)17-8-6-16(22)7-9-17/h2-11H,12-14H2,1H3. The van der Waals surface area contributed by atoms with Crippen LogP contribution in [-0.2, 0) is 21.0 Å². The Kier molecular flexibility index (Phi) is 6.14. The molecule has 4 rings (SSSR count). The van der Waals surface area contributed by atoms with Gasteiger partial charge in [0.15, 0.2) is 12.3 Å². The van der Waals surface area contributed by atoms with Crippen molar-refractivity contribution in [3.8, 4) is 11.6 Å². The molecule has 30 heavy (non-hydrogen) atoms. The van der Waals surface area contributed by atoms with Crippen molar-refractivity contribution in [1.82, 2.24) is 9.78 Å². The van der Waals surface area contributed by atoms with Crippen LogP contribution in [0.1, 0.15) is 11.1 Å². The molecule has 1 aliphatic heterocycles. The lowest BCUT2D eigenvalue weighted by atomic mass is 10.0. The molecule has 8 nitrogen and oxygen atoms in total. The van der Waals surface area contributed by atoms with Gasteiger partial charge in [0.2, 0.25) is 5.88 Å². The number of halogens is 1. The second-order valence-corrected chi connectivity index (χ2v) is 6.66. The van der Waals surface area contributed by atoms with Gasteiger partial charge in [-0.25, -0.2) is 4.68 Å². The van der Waals surface area contributed by atoms with Crippen LogP contribution in [0.25, 0.3) is 5.69 Å². The monoisotopic (exact) mass is 426 g/mol. The van der Waals surface area contributed by atoms with E-state index in [4.69, 9.17) is 30.7 Å². The van der Waals surface area contributed by atoms with E-state index < -0.39 is 0 Å². The van der Waals surface area contributed by atoms with Gasteiger partial charge in [-0.3, -0.25) is 0 Å². The first-order valence-electron chi connectivity index (χ1n) is 9.21. The average molecular weight is 427 g/mol. The van der Waals surface area contributed by atoms with E-state index in [0.29, 0.717) is 29.8 Å². The third-order valence-corrected chi connectivity index (χ3v) is 4.50. The summed E-state index contributed by atoms with van der Waals surface area (Å²) in [6.45, 7) is 1.05. The van der Waals surface area contributed by atoms with Crippen LogP contribution in [0, 0.1) is 0 Å². The number of nitrogens with zero attached hydrogens (tertiary/aromatic N) is 4. The Bertz CT molecular complexity index is 1060. The van der Waals surface area contributed by atoms with Crippen LogP contribution in [0.5, 0.6) is 5.88 Å². The van der Waals surface area contributed by atoms with Crippen molar-refractivity contribution in [2.24, 2.45) is 10.3 Å². The number of hydrogen-bond donors (Lipinski definition) is 0. The number of aromatic nitrogens is 2. The van der Waals surface area contributed by atoms with Crippen molar-refractivity contribution in [3.63, 3.8) is 0 Å². The number of hydrogen-bond acceptors (Lipinski definition) is 7. The van der Waals surface area contributed by atoms with Crippen LogP contribution >= 0.6 is 11.6 Å². The van der Waals surface area contributed by atoms with E-state index in [0.717, 1.165) is 16.8 Å². The Morgan fingerprint density at radius 3 is 2.73 bits per heavy atom. The summed E-state index contributed by atoms with van der Waals surface area (Å²) >= 11 is 5.94. The molecule has 2 heterocycles. The van der Waals surface area contributed by atoms with Crippen molar-refractivity contribution in [1.29, 1.82) is 0 Å². The number of ether oxygens (including phenoxy) is 2. The molecule has 0 N–H and O–H groups in total. The Morgan fingerprint density at radius 1 is 1.13 bits per heavy atom. The summed E-state index contributed by atoms with van der Waals surface area (Å²) in [4.78, 5) is 10.1. The van der Waals surface area contributed by atoms with Gasteiger partial charge in [0.1, 0.15) is 20.3 Å². The predicted octanol–water partition coefficient (Wildman–Crippen LogP) is 3.82. The Labute approximate surface area is 178 Å². The van der Waals surface area contributed by atoms with E-state index >= 15 is 0 Å². The van der Waals surface area contributed by atoms with E-state index in [-0.39, 0.29) is 12.5 Å². The topological polar surface area (TPSA) is 79.5 Å². The largest absolute Gasteiger partial charge is 0.472 e. The minimum absolute atomic E-state index is 0.266. The SMILES string of the molecule is CON=C(C1=NOCCO1)c1ccccc1COc1ccn(-c2ccc(Cl)cc2)n1. The molecule has 0 saturated carbocycles. The molecule has 0 aliphatic carbocycles. The maximum atomic E-state index is 5.94. The van der Waals surface area contributed by atoms with E-state index in [2.05, 4.69) is 15.4 Å². The third kappa shape index (κ3) is 4.55. The average Bonchev–Trinajstić information content (AvgIpc) is 3.26. The molecule has 0 saturated heterocycles. The molecule has 0 fully saturated rings. The van der Waals surface area contributed by atoms with Gasteiger partial charge in [-0.2, -0.15) is 0 Å². The highest BCUT2D eigenvalue weighted by Crippen LogP contribution is 2.18. The molecule has 0 amide bonds. The van der Waals surface area contributed by atoms with Crippen LogP contribution < -0.4 is 4.74 Å². The molecule has 0 atom stereocenters. The fraction of sp³-hybridized carbons (Fsp3) is 0.190. The van der Waals surface area contributed by atoms with E-state index in [9.17, 15) is 0 Å². The molecule has 0 bridgehead atoms. The Hall–Kier alpha value is -3.52. The number of rotatable bonds is 7.